The van der Waals surface area contributed by atoms with Crippen LogP contribution in [0, 0.1) is 0 Å². The molecule has 0 amide bonds. The highest BCUT2D eigenvalue weighted by molar-refractivity contribution is 6.42. The van der Waals surface area contributed by atoms with Crippen LogP contribution in [-0.4, -0.2) is 6.29 Å². The van der Waals surface area contributed by atoms with Gasteiger partial charge in [0.2, 0.25) is 0 Å². The van der Waals surface area contributed by atoms with E-state index in [9.17, 15) is 4.79 Å². The van der Waals surface area contributed by atoms with E-state index in [1.165, 1.54) is 0 Å². The minimum absolute atomic E-state index is 0.252. The number of carbonyl (C=O) groups excluding carboxylic acids is 1. The van der Waals surface area contributed by atoms with Crippen LogP contribution in [0.2, 0.25) is 10.0 Å². The number of rotatable bonds is 4. The number of benzene rings is 1. The lowest BCUT2D eigenvalue weighted by molar-refractivity contribution is -0.108. The van der Waals surface area contributed by atoms with Crippen molar-refractivity contribution in [3.8, 4) is 0 Å². The van der Waals surface area contributed by atoms with Crippen LogP contribution in [0.15, 0.2) is 18.2 Å². The van der Waals surface area contributed by atoms with Crippen LogP contribution < -0.4 is 0 Å². The van der Waals surface area contributed by atoms with E-state index in [1.54, 1.807) is 6.07 Å². The van der Waals surface area contributed by atoms with Gasteiger partial charge in [0.15, 0.2) is 0 Å². The van der Waals surface area contributed by atoms with Gasteiger partial charge in [0, 0.05) is 6.42 Å². The molecule has 1 atom stereocenters. The highest BCUT2D eigenvalue weighted by Gasteiger charge is 2.09. The Bertz CT molecular complexity index is 323. The van der Waals surface area contributed by atoms with Crippen LogP contribution in [-0.2, 0) is 4.79 Å². The first-order valence-corrected chi connectivity index (χ1v) is 5.33. The first kappa shape index (κ1) is 11.5. The number of halogens is 2. The largest absolute Gasteiger partial charge is 0.303 e. The van der Waals surface area contributed by atoms with Gasteiger partial charge in [0.25, 0.3) is 0 Å². The molecule has 0 bridgehead atoms. The highest BCUT2D eigenvalue weighted by atomic mass is 35.5. The zero-order valence-electron chi connectivity index (χ0n) is 7.97. The normalized spacial score (nSPS) is 12.5. The van der Waals surface area contributed by atoms with Gasteiger partial charge in [-0.3, -0.25) is 0 Å². The molecule has 0 N–H and O–H groups in total. The topological polar surface area (TPSA) is 17.1 Å². The predicted molar refractivity (Wildman–Crippen MR) is 60.2 cm³/mol. The molecule has 0 aliphatic heterocycles. The lowest BCUT2D eigenvalue weighted by Gasteiger charge is -2.12. The molecule has 0 unspecified atom stereocenters. The molecule has 0 heterocycles. The Morgan fingerprint density at radius 2 is 2.07 bits per heavy atom. The zero-order valence-corrected chi connectivity index (χ0v) is 9.48. The second-order valence-electron chi connectivity index (χ2n) is 3.18. The Labute approximate surface area is 94.0 Å². The van der Waals surface area contributed by atoms with Crippen molar-refractivity contribution < 1.29 is 4.79 Å². The molecular weight excluding hydrogens is 219 g/mol. The molecule has 0 aliphatic carbocycles. The van der Waals surface area contributed by atoms with Crippen molar-refractivity contribution in [1.82, 2.24) is 0 Å². The average Bonchev–Trinajstić information content (AvgIpc) is 2.19. The lowest BCUT2D eigenvalue weighted by atomic mass is 9.94. The van der Waals surface area contributed by atoms with E-state index in [0.29, 0.717) is 16.5 Å². The number of hydrogen-bond donors (Lipinski definition) is 0. The molecule has 1 rings (SSSR count). The van der Waals surface area contributed by atoms with E-state index in [4.69, 9.17) is 23.2 Å². The molecule has 0 fully saturated rings. The molecule has 0 aliphatic rings. The van der Waals surface area contributed by atoms with E-state index >= 15 is 0 Å². The summed E-state index contributed by atoms with van der Waals surface area (Å²) in [6.45, 7) is 2.05. The maximum absolute atomic E-state index is 10.4. The minimum atomic E-state index is 0.252. The van der Waals surface area contributed by atoms with E-state index < -0.39 is 0 Å². The third kappa shape index (κ3) is 2.73. The van der Waals surface area contributed by atoms with Gasteiger partial charge in [-0.05, 0) is 30.0 Å². The van der Waals surface area contributed by atoms with Crippen molar-refractivity contribution >= 4 is 29.5 Å². The Morgan fingerprint density at radius 3 is 2.57 bits per heavy atom. The van der Waals surface area contributed by atoms with Crippen LogP contribution in [0.5, 0.6) is 0 Å². The van der Waals surface area contributed by atoms with Crippen LogP contribution in [0.4, 0.5) is 0 Å². The second-order valence-corrected chi connectivity index (χ2v) is 4.00. The van der Waals surface area contributed by atoms with Gasteiger partial charge in [-0.25, -0.2) is 0 Å². The van der Waals surface area contributed by atoms with Gasteiger partial charge in [0.1, 0.15) is 6.29 Å². The van der Waals surface area contributed by atoms with E-state index in [0.717, 1.165) is 18.3 Å². The van der Waals surface area contributed by atoms with Crippen LogP contribution in [0.25, 0.3) is 0 Å². The zero-order chi connectivity index (χ0) is 10.6. The van der Waals surface area contributed by atoms with E-state index in [-0.39, 0.29) is 5.92 Å². The van der Waals surface area contributed by atoms with E-state index in [2.05, 4.69) is 6.92 Å². The maximum Gasteiger partial charge on any atom is 0.120 e. The van der Waals surface area contributed by atoms with Crippen molar-refractivity contribution in [3.63, 3.8) is 0 Å². The molecule has 1 nitrogen and oxygen atoms in total. The molecule has 0 aromatic heterocycles. The monoisotopic (exact) mass is 230 g/mol. The van der Waals surface area contributed by atoms with Crippen LogP contribution in [0.3, 0.4) is 0 Å². The molecule has 0 spiro atoms. The fraction of sp³-hybridized carbons (Fsp3) is 0.364. The third-order valence-electron chi connectivity index (χ3n) is 2.29. The highest BCUT2D eigenvalue weighted by Crippen LogP contribution is 2.29. The summed E-state index contributed by atoms with van der Waals surface area (Å²) in [7, 11) is 0. The minimum Gasteiger partial charge on any atom is -0.303 e. The van der Waals surface area contributed by atoms with Crippen molar-refractivity contribution in [2.24, 2.45) is 0 Å². The Balaban J connectivity index is 2.93. The summed E-state index contributed by atoms with van der Waals surface area (Å²) in [6.07, 6.45) is 2.40. The SMILES string of the molecule is CC[C@@H](CC=O)c1ccc(Cl)c(Cl)c1. The summed E-state index contributed by atoms with van der Waals surface area (Å²) in [5.41, 5.74) is 1.08. The number of carbonyl (C=O) groups is 1. The quantitative estimate of drug-likeness (QED) is 0.713. The van der Waals surface area contributed by atoms with Crippen molar-refractivity contribution in [1.29, 1.82) is 0 Å². The molecular formula is C11H12Cl2O. The molecule has 0 radical (unpaired) electrons. The van der Waals surface area contributed by atoms with Crippen molar-refractivity contribution in [2.75, 3.05) is 0 Å². The standard InChI is InChI=1S/C11H12Cl2O/c1-2-8(5-6-14)9-3-4-10(12)11(13)7-9/h3-4,6-8H,2,5H2,1H3/t8-/m0/s1. The third-order valence-corrected chi connectivity index (χ3v) is 3.03. The van der Waals surface area contributed by atoms with Crippen molar-refractivity contribution in [3.05, 3.63) is 33.8 Å². The summed E-state index contributed by atoms with van der Waals surface area (Å²) in [4.78, 5) is 10.4. The van der Waals surface area contributed by atoms with Gasteiger partial charge in [-0.2, -0.15) is 0 Å². The fourth-order valence-electron chi connectivity index (χ4n) is 1.42. The summed E-state index contributed by atoms with van der Waals surface area (Å²) < 4.78 is 0. The maximum atomic E-state index is 10.4. The molecule has 3 heteroatoms. The molecule has 14 heavy (non-hydrogen) atoms. The van der Waals surface area contributed by atoms with Gasteiger partial charge >= 0.3 is 0 Å². The first-order valence-electron chi connectivity index (χ1n) is 4.57. The lowest BCUT2D eigenvalue weighted by Crippen LogP contribution is -1.97. The summed E-state index contributed by atoms with van der Waals surface area (Å²) in [5, 5.41) is 1.10. The Kier molecular flexibility index (Phi) is 4.43. The Morgan fingerprint density at radius 1 is 1.36 bits per heavy atom. The molecule has 1 aromatic carbocycles. The van der Waals surface area contributed by atoms with Gasteiger partial charge in [-0.1, -0.05) is 36.2 Å². The summed E-state index contributed by atoms with van der Waals surface area (Å²) in [5.74, 6) is 0.252. The average molecular weight is 231 g/mol. The first-order chi connectivity index (χ1) is 6.69. The molecule has 0 saturated heterocycles. The fourth-order valence-corrected chi connectivity index (χ4v) is 1.73. The second kappa shape index (κ2) is 5.38. The summed E-state index contributed by atoms with van der Waals surface area (Å²) in [6, 6.07) is 5.53. The molecule has 76 valence electrons. The van der Waals surface area contributed by atoms with E-state index in [1.807, 2.05) is 12.1 Å². The smallest absolute Gasteiger partial charge is 0.120 e. The van der Waals surface area contributed by atoms with Crippen molar-refractivity contribution in [2.45, 2.75) is 25.7 Å². The van der Waals surface area contributed by atoms with Gasteiger partial charge in [-0.15, -0.1) is 0 Å². The van der Waals surface area contributed by atoms with Gasteiger partial charge < -0.3 is 4.79 Å². The molecule has 1 aromatic rings. The predicted octanol–water partition coefficient (Wildman–Crippen LogP) is 4.08. The van der Waals surface area contributed by atoms with Crippen LogP contribution >= 0.6 is 23.2 Å². The molecule has 0 saturated carbocycles. The Hall–Kier alpha value is -0.530. The number of hydrogen-bond acceptors (Lipinski definition) is 1. The van der Waals surface area contributed by atoms with Crippen LogP contribution in [0.1, 0.15) is 31.2 Å². The number of aldehydes is 1. The summed E-state index contributed by atoms with van der Waals surface area (Å²) >= 11 is 11.7. The van der Waals surface area contributed by atoms with Gasteiger partial charge in [0.05, 0.1) is 10.0 Å².